The molecule has 0 fully saturated rings. The molecular formula is C9H10BrNOS. The van der Waals surface area contributed by atoms with Crippen molar-refractivity contribution in [3.63, 3.8) is 0 Å². The summed E-state index contributed by atoms with van der Waals surface area (Å²) in [5.41, 5.74) is 1.39. The van der Waals surface area contributed by atoms with Gasteiger partial charge in [-0.25, -0.2) is 5.90 Å². The van der Waals surface area contributed by atoms with Gasteiger partial charge in [-0.1, -0.05) is 15.9 Å². The molecule has 70 valence electrons. The lowest BCUT2D eigenvalue weighted by atomic mass is 10.1. The van der Waals surface area contributed by atoms with E-state index in [1.165, 1.54) is 10.5 Å². The van der Waals surface area contributed by atoms with Crippen LogP contribution in [0.15, 0.2) is 27.6 Å². The molecule has 2 N–H and O–H groups in total. The fraction of sp³-hybridized carbons (Fsp3) is 0.333. The molecule has 0 saturated heterocycles. The van der Waals surface area contributed by atoms with Crippen LogP contribution in [0.3, 0.4) is 0 Å². The minimum atomic E-state index is 0.481. The monoisotopic (exact) mass is 259 g/mol. The van der Waals surface area contributed by atoms with Crippen molar-refractivity contribution in [3.8, 4) is 0 Å². The van der Waals surface area contributed by atoms with Gasteiger partial charge in [-0.15, -0.1) is 11.8 Å². The van der Waals surface area contributed by atoms with Crippen molar-refractivity contribution in [3.05, 3.63) is 28.2 Å². The standard InChI is InChI=1S/C9H10BrNOS/c10-7-1-2-9-6(3-7)4-8(13-9)5-12-11/h1-3,8H,4-5,11H2. The highest BCUT2D eigenvalue weighted by atomic mass is 79.9. The normalized spacial score (nSPS) is 20.3. The number of thioether (sulfide) groups is 1. The average Bonchev–Trinajstić information content (AvgIpc) is 2.46. The van der Waals surface area contributed by atoms with E-state index in [1.807, 2.05) is 11.8 Å². The summed E-state index contributed by atoms with van der Waals surface area (Å²) in [5, 5.41) is 0.481. The molecular weight excluding hydrogens is 250 g/mol. The molecule has 1 aromatic carbocycles. The summed E-state index contributed by atoms with van der Waals surface area (Å²) in [7, 11) is 0. The van der Waals surface area contributed by atoms with Crippen LogP contribution in [-0.4, -0.2) is 11.9 Å². The van der Waals surface area contributed by atoms with Crippen molar-refractivity contribution in [1.82, 2.24) is 0 Å². The lowest BCUT2D eigenvalue weighted by Crippen LogP contribution is -2.13. The van der Waals surface area contributed by atoms with Crippen LogP contribution >= 0.6 is 27.7 Å². The minimum Gasteiger partial charge on any atom is -0.303 e. The number of halogens is 1. The topological polar surface area (TPSA) is 35.2 Å². The van der Waals surface area contributed by atoms with Crippen LogP contribution in [0.1, 0.15) is 5.56 Å². The molecule has 4 heteroatoms. The van der Waals surface area contributed by atoms with E-state index in [0.29, 0.717) is 11.9 Å². The van der Waals surface area contributed by atoms with Crippen molar-refractivity contribution in [2.24, 2.45) is 5.90 Å². The fourth-order valence-corrected chi connectivity index (χ4v) is 3.11. The van der Waals surface area contributed by atoms with Crippen molar-refractivity contribution in [2.75, 3.05) is 6.61 Å². The predicted molar refractivity (Wildman–Crippen MR) is 57.6 cm³/mol. The van der Waals surface area contributed by atoms with E-state index in [9.17, 15) is 0 Å². The van der Waals surface area contributed by atoms with Crippen LogP contribution in [0.5, 0.6) is 0 Å². The molecule has 13 heavy (non-hydrogen) atoms. The van der Waals surface area contributed by atoms with E-state index in [4.69, 9.17) is 5.90 Å². The van der Waals surface area contributed by atoms with Gasteiger partial charge in [-0.05, 0) is 30.2 Å². The van der Waals surface area contributed by atoms with Gasteiger partial charge in [-0.3, -0.25) is 0 Å². The Kier molecular flexibility index (Phi) is 2.93. The molecule has 0 bridgehead atoms. The maximum atomic E-state index is 5.05. The van der Waals surface area contributed by atoms with E-state index in [0.717, 1.165) is 10.9 Å². The molecule has 2 rings (SSSR count). The Morgan fingerprint density at radius 2 is 2.46 bits per heavy atom. The maximum Gasteiger partial charge on any atom is 0.0804 e. The molecule has 0 radical (unpaired) electrons. The minimum absolute atomic E-state index is 0.481. The molecule has 0 saturated carbocycles. The van der Waals surface area contributed by atoms with Gasteiger partial charge in [0.05, 0.1) is 6.61 Å². The van der Waals surface area contributed by atoms with Crippen molar-refractivity contribution in [2.45, 2.75) is 16.6 Å². The quantitative estimate of drug-likeness (QED) is 0.829. The molecule has 1 heterocycles. The van der Waals surface area contributed by atoms with Crippen molar-refractivity contribution < 1.29 is 4.84 Å². The van der Waals surface area contributed by atoms with E-state index in [-0.39, 0.29) is 0 Å². The smallest absolute Gasteiger partial charge is 0.0804 e. The molecule has 2 nitrogen and oxygen atoms in total. The lowest BCUT2D eigenvalue weighted by Gasteiger charge is -2.03. The van der Waals surface area contributed by atoms with E-state index in [2.05, 4.69) is 39.0 Å². The molecule has 1 aromatic rings. The Labute approximate surface area is 89.9 Å². The first-order valence-corrected chi connectivity index (χ1v) is 5.73. The summed E-state index contributed by atoms with van der Waals surface area (Å²) in [6.07, 6.45) is 1.05. The van der Waals surface area contributed by atoms with Crippen molar-refractivity contribution >= 4 is 27.7 Å². The van der Waals surface area contributed by atoms with Crippen LogP contribution in [0, 0.1) is 0 Å². The Bertz CT molecular complexity index is 318. The molecule has 0 aliphatic carbocycles. The highest BCUT2D eigenvalue weighted by Crippen LogP contribution is 2.38. The molecule has 0 aromatic heterocycles. The number of hydrogen-bond donors (Lipinski definition) is 1. The first-order valence-electron chi connectivity index (χ1n) is 4.06. The fourth-order valence-electron chi connectivity index (χ4n) is 1.49. The molecule has 0 spiro atoms. The van der Waals surface area contributed by atoms with Gasteiger partial charge in [-0.2, -0.15) is 0 Å². The summed E-state index contributed by atoms with van der Waals surface area (Å²) in [4.78, 5) is 6.01. The van der Waals surface area contributed by atoms with Gasteiger partial charge in [0.15, 0.2) is 0 Å². The molecule has 1 unspecified atom stereocenters. The Hall–Kier alpha value is -0.0300. The number of fused-ring (bicyclic) bond motifs is 1. The third kappa shape index (κ3) is 2.07. The zero-order valence-electron chi connectivity index (χ0n) is 7.00. The van der Waals surface area contributed by atoms with Gasteiger partial charge in [0.25, 0.3) is 0 Å². The first kappa shape index (κ1) is 9.52. The second-order valence-corrected chi connectivity index (χ2v) is 5.29. The number of nitrogens with two attached hydrogens (primary N) is 1. The van der Waals surface area contributed by atoms with Crippen molar-refractivity contribution in [1.29, 1.82) is 0 Å². The second kappa shape index (κ2) is 4.00. The average molecular weight is 260 g/mol. The van der Waals surface area contributed by atoms with Gasteiger partial charge in [0, 0.05) is 14.6 Å². The van der Waals surface area contributed by atoms with Crippen LogP contribution in [0.2, 0.25) is 0 Å². The molecule has 1 atom stereocenters. The third-order valence-corrected chi connectivity index (χ3v) is 3.83. The van der Waals surface area contributed by atoms with Gasteiger partial charge < -0.3 is 4.84 Å². The summed E-state index contributed by atoms with van der Waals surface area (Å²) in [6, 6.07) is 6.37. The Morgan fingerprint density at radius 3 is 3.23 bits per heavy atom. The Balaban J connectivity index is 2.16. The largest absolute Gasteiger partial charge is 0.303 e. The molecule has 1 aliphatic rings. The van der Waals surface area contributed by atoms with E-state index in [1.54, 1.807) is 0 Å². The van der Waals surface area contributed by atoms with Gasteiger partial charge in [0.1, 0.15) is 0 Å². The lowest BCUT2D eigenvalue weighted by molar-refractivity contribution is 0.139. The second-order valence-electron chi connectivity index (χ2n) is 3.03. The van der Waals surface area contributed by atoms with Gasteiger partial charge in [0.2, 0.25) is 0 Å². The number of rotatable bonds is 2. The van der Waals surface area contributed by atoms with Crippen LogP contribution in [0.25, 0.3) is 0 Å². The van der Waals surface area contributed by atoms with E-state index >= 15 is 0 Å². The highest BCUT2D eigenvalue weighted by Gasteiger charge is 2.22. The van der Waals surface area contributed by atoms with Crippen LogP contribution in [-0.2, 0) is 11.3 Å². The Morgan fingerprint density at radius 1 is 1.62 bits per heavy atom. The molecule has 0 amide bonds. The van der Waals surface area contributed by atoms with Crippen LogP contribution in [0.4, 0.5) is 0 Å². The van der Waals surface area contributed by atoms with Gasteiger partial charge >= 0.3 is 0 Å². The summed E-state index contributed by atoms with van der Waals surface area (Å²) < 4.78 is 1.14. The van der Waals surface area contributed by atoms with Crippen LogP contribution < -0.4 is 5.90 Å². The maximum absolute atomic E-state index is 5.05. The SMILES string of the molecule is NOCC1Cc2cc(Br)ccc2S1. The first-order chi connectivity index (χ1) is 6.29. The zero-order valence-corrected chi connectivity index (χ0v) is 9.40. The molecule has 1 aliphatic heterocycles. The predicted octanol–water partition coefficient (Wildman–Crippen LogP) is 2.36. The summed E-state index contributed by atoms with van der Waals surface area (Å²) in [5.74, 6) is 5.05. The number of benzene rings is 1. The third-order valence-electron chi connectivity index (χ3n) is 2.05. The highest BCUT2D eigenvalue weighted by molar-refractivity contribution is 9.10. The number of hydrogen-bond acceptors (Lipinski definition) is 3. The van der Waals surface area contributed by atoms with E-state index < -0.39 is 0 Å². The summed E-state index contributed by atoms with van der Waals surface area (Å²) in [6.45, 7) is 0.622. The zero-order chi connectivity index (χ0) is 9.26. The summed E-state index contributed by atoms with van der Waals surface area (Å²) >= 11 is 5.30.